The molecule has 0 aliphatic heterocycles. The van der Waals surface area contributed by atoms with Gasteiger partial charge in [0.05, 0.1) is 16.7 Å². The molecule has 0 atom stereocenters. The molecule has 0 saturated carbocycles. The third kappa shape index (κ3) is 21.1. The van der Waals surface area contributed by atoms with E-state index in [-0.39, 0.29) is 16.5 Å². The summed E-state index contributed by atoms with van der Waals surface area (Å²) in [6.07, 6.45) is -6.70. The predicted molar refractivity (Wildman–Crippen MR) is 260 cm³/mol. The Kier molecular flexibility index (Phi) is 21.6. The number of pyridine rings is 3. The van der Waals surface area contributed by atoms with E-state index in [1.165, 1.54) is 42.6 Å². The van der Waals surface area contributed by atoms with E-state index in [4.69, 9.17) is 10.5 Å². The average Bonchev–Trinajstić information content (AvgIpc) is 3.26. The monoisotopic (exact) mass is 987 g/mol. The van der Waals surface area contributed by atoms with Crippen molar-refractivity contribution < 1.29 is 39.5 Å². The van der Waals surface area contributed by atoms with Gasteiger partial charge in [-0.3, -0.25) is 9.97 Å². The summed E-state index contributed by atoms with van der Waals surface area (Å²) >= 11 is 0. The molecule has 0 saturated heterocycles. The number of hydrogen-bond donors (Lipinski definition) is 0. The van der Waals surface area contributed by atoms with Crippen LogP contribution in [0.3, 0.4) is 0 Å². The second-order valence-electron chi connectivity index (χ2n) is 18.4. The average molecular weight is 988 g/mol. The molecule has 4 heterocycles. The molecule has 7 nitrogen and oxygen atoms in total. The summed E-state index contributed by atoms with van der Waals surface area (Å²) in [6, 6.07) is 29.6. The lowest BCUT2D eigenvalue weighted by molar-refractivity contribution is -0.142. The summed E-state index contributed by atoms with van der Waals surface area (Å²) in [5, 5.41) is 19.7. The van der Waals surface area contributed by atoms with E-state index in [1.54, 1.807) is 39.0 Å². The lowest BCUT2D eigenvalue weighted by Gasteiger charge is -2.18. The summed E-state index contributed by atoms with van der Waals surface area (Å²) in [5.74, 6) is 0.906. The molecule has 0 unspecified atom stereocenters. The van der Waals surface area contributed by atoms with Crippen molar-refractivity contribution in [2.45, 2.75) is 119 Å². The van der Waals surface area contributed by atoms with Gasteiger partial charge in [0.2, 0.25) is 0 Å². The molecular formula is C55H58F9N7. The molecule has 0 bridgehead atoms. The van der Waals surface area contributed by atoms with Crippen molar-refractivity contribution in [1.29, 1.82) is 10.5 Å². The molecule has 0 radical (unpaired) electrons. The Morgan fingerprint density at radius 1 is 0.437 bits per heavy atom. The van der Waals surface area contributed by atoms with Gasteiger partial charge < -0.3 is 0 Å². The standard InChI is InChI=1S/C13H8N2.C11H16.C9H14N2.C8H8F3N.2C7H6F3N/c1-9-2-3-10-5-12(7-14)13(8-15)6-11(10)4-9;1-9-5-7-10(8-6-9)11(2,3)4;1-7-5-10-8(11-6-7)9(2,3)4;1-5-3-6(2)12-7(4-5)8(9,10)11;1-5-2-3-6(11-4-5)7(8,9)10;1-5-6(7(8,9)10)3-2-4-11-5/h2-6H,1H3;5-8H,1-4H3;5-6H,1-4H3;3-4H,1-2H3;2*2-4H,1H3. The maximum absolute atomic E-state index is 12.1. The van der Waals surface area contributed by atoms with Crippen molar-refractivity contribution in [2.75, 3.05) is 0 Å². The minimum absolute atomic E-state index is 0.0139. The Labute approximate surface area is 410 Å². The number of aromatic nitrogens is 5. The number of alkyl halides is 9. The molecule has 0 N–H and O–H groups in total. The van der Waals surface area contributed by atoms with Gasteiger partial charge in [0.1, 0.15) is 29.4 Å². The van der Waals surface area contributed by atoms with Gasteiger partial charge in [-0.25, -0.2) is 15.0 Å². The number of hydrogen-bond acceptors (Lipinski definition) is 7. The first-order valence-electron chi connectivity index (χ1n) is 21.9. The highest BCUT2D eigenvalue weighted by molar-refractivity contribution is 5.86. The second-order valence-corrected chi connectivity index (χ2v) is 18.4. The molecule has 71 heavy (non-hydrogen) atoms. The van der Waals surface area contributed by atoms with E-state index in [1.807, 2.05) is 56.6 Å². The highest BCUT2D eigenvalue weighted by Crippen LogP contribution is 2.31. The van der Waals surface area contributed by atoms with E-state index in [9.17, 15) is 39.5 Å². The predicted octanol–water partition coefficient (Wildman–Crippen LogP) is 15.8. The Morgan fingerprint density at radius 2 is 0.944 bits per heavy atom. The topological polar surface area (TPSA) is 112 Å². The van der Waals surface area contributed by atoms with E-state index >= 15 is 0 Å². The smallest absolute Gasteiger partial charge is 0.261 e. The molecule has 3 aromatic carbocycles. The fourth-order valence-electron chi connectivity index (χ4n) is 5.84. The van der Waals surface area contributed by atoms with Crippen LogP contribution in [0.2, 0.25) is 0 Å². The molecule has 0 aliphatic carbocycles. The third-order valence-corrected chi connectivity index (χ3v) is 9.64. The van der Waals surface area contributed by atoms with E-state index in [2.05, 4.69) is 97.7 Å². The van der Waals surface area contributed by atoms with Crippen LogP contribution in [0.25, 0.3) is 10.8 Å². The Hall–Kier alpha value is -7.20. The lowest BCUT2D eigenvalue weighted by atomic mass is 9.87. The maximum Gasteiger partial charge on any atom is 0.433 e. The van der Waals surface area contributed by atoms with Crippen molar-refractivity contribution in [2.24, 2.45) is 0 Å². The summed E-state index contributed by atoms with van der Waals surface area (Å²) < 4.78 is 108. The first-order chi connectivity index (χ1) is 32.6. The fourth-order valence-corrected chi connectivity index (χ4v) is 5.84. The van der Waals surface area contributed by atoms with Crippen LogP contribution in [0.1, 0.15) is 120 Å². The number of rotatable bonds is 0. The zero-order valence-corrected chi connectivity index (χ0v) is 42.0. The normalized spacial score (nSPS) is 11.2. The van der Waals surface area contributed by atoms with Gasteiger partial charge in [-0.1, -0.05) is 101 Å². The molecule has 0 aliphatic rings. The van der Waals surface area contributed by atoms with E-state index in [0.29, 0.717) is 22.4 Å². The molecule has 0 amide bonds. The first kappa shape index (κ1) is 59.9. The number of nitrogens with zero attached hydrogens (tertiary/aromatic N) is 7. The Balaban J connectivity index is 0.000000293. The van der Waals surface area contributed by atoms with Crippen molar-refractivity contribution in [3.05, 3.63) is 194 Å². The van der Waals surface area contributed by atoms with Crippen LogP contribution in [0.15, 0.2) is 116 Å². The molecule has 16 heteroatoms. The number of aryl methyl sites for hydroxylation is 7. The summed E-state index contributed by atoms with van der Waals surface area (Å²) in [6.45, 7) is 25.3. The zero-order chi connectivity index (χ0) is 54.1. The van der Waals surface area contributed by atoms with Gasteiger partial charge in [-0.2, -0.15) is 50.0 Å². The molecule has 376 valence electrons. The third-order valence-electron chi connectivity index (χ3n) is 9.64. The summed E-state index contributed by atoms with van der Waals surface area (Å²) in [5.41, 5.74) is 5.60. The highest BCUT2D eigenvalue weighted by atomic mass is 19.4. The van der Waals surface area contributed by atoms with E-state index < -0.39 is 35.5 Å². The van der Waals surface area contributed by atoms with Gasteiger partial charge in [-0.15, -0.1) is 0 Å². The number of benzene rings is 3. The largest absolute Gasteiger partial charge is 0.433 e. The van der Waals surface area contributed by atoms with Gasteiger partial charge in [0.25, 0.3) is 0 Å². The quantitative estimate of drug-likeness (QED) is 0.139. The molecular weight excluding hydrogens is 930 g/mol. The van der Waals surface area contributed by atoms with E-state index in [0.717, 1.165) is 51.5 Å². The van der Waals surface area contributed by atoms with Crippen molar-refractivity contribution in [3.63, 3.8) is 0 Å². The summed E-state index contributed by atoms with van der Waals surface area (Å²) in [7, 11) is 0. The maximum atomic E-state index is 12.1. The minimum Gasteiger partial charge on any atom is -0.261 e. The Morgan fingerprint density at radius 3 is 1.37 bits per heavy atom. The van der Waals surface area contributed by atoms with Gasteiger partial charge in [0, 0.05) is 41.6 Å². The van der Waals surface area contributed by atoms with Gasteiger partial charge >= 0.3 is 18.5 Å². The molecule has 4 aromatic heterocycles. The zero-order valence-electron chi connectivity index (χ0n) is 42.0. The Bertz CT molecular complexity index is 2710. The molecule has 7 aromatic rings. The molecule has 7 rings (SSSR count). The second kappa shape index (κ2) is 25.6. The van der Waals surface area contributed by atoms with Crippen molar-refractivity contribution in [1.82, 2.24) is 24.9 Å². The highest BCUT2D eigenvalue weighted by Gasteiger charge is 2.34. The first-order valence-corrected chi connectivity index (χ1v) is 21.9. The van der Waals surface area contributed by atoms with Gasteiger partial charge in [0.15, 0.2) is 0 Å². The van der Waals surface area contributed by atoms with Crippen LogP contribution in [-0.4, -0.2) is 24.9 Å². The van der Waals surface area contributed by atoms with Crippen LogP contribution in [0, 0.1) is 71.1 Å². The number of halogens is 9. The molecule has 0 fully saturated rings. The molecule has 0 spiro atoms. The van der Waals surface area contributed by atoms with Crippen LogP contribution in [0.4, 0.5) is 39.5 Å². The van der Waals surface area contributed by atoms with Crippen LogP contribution >= 0.6 is 0 Å². The minimum atomic E-state index is -4.34. The van der Waals surface area contributed by atoms with Crippen LogP contribution in [0.5, 0.6) is 0 Å². The van der Waals surface area contributed by atoms with Crippen molar-refractivity contribution in [3.8, 4) is 12.1 Å². The van der Waals surface area contributed by atoms with Crippen molar-refractivity contribution >= 4 is 10.8 Å². The summed E-state index contributed by atoms with van der Waals surface area (Å²) in [4.78, 5) is 18.6. The lowest BCUT2D eigenvalue weighted by Crippen LogP contribution is -2.15. The number of fused-ring (bicyclic) bond motifs is 1. The fraction of sp³-hybridized carbons (Fsp3) is 0.327. The van der Waals surface area contributed by atoms with Crippen LogP contribution < -0.4 is 0 Å². The van der Waals surface area contributed by atoms with Gasteiger partial charge in [-0.05, 0) is 129 Å². The SMILES string of the molecule is Cc1cc(C)nc(C(F)(F)F)c1.Cc1ccc(C(C)(C)C)cc1.Cc1ccc(C(F)(F)F)nc1.Cc1ccc2cc(C#N)c(C#N)cc2c1.Cc1cnc(C(C)(C)C)nc1.Cc1ncccc1C(F)(F)F. The number of nitriles is 2. The van der Waals surface area contributed by atoms with Crippen LogP contribution in [-0.2, 0) is 29.4 Å².